The Hall–Kier alpha value is -2.01. The second-order valence-corrected chi connectivity index (χ2v) is 4.83. The number of fused-ring (bicyclic) bond motifs is 1. The zero-order chi connectivity index (χ0) is 15.1. The summed E-state index contributed by atoms with van der Waals surface area (Å²) >= 11 is 5.94. The number of para-hydroxylation sites is 1. The number of carbonyl (C=O) groups excluding carboxylic acids is 2. The number of amides is 2. The molecule has 0 atom stereocenters. The van der Waals surface area contributed by atoms with E-state index in [4.69, 9.17) is 11.6 Å². The molecular weight excluding hydrogens is 278 g/mol. The molecule has 0 aliphatic rings. The third-order valence-corrected chi connectivity index (χ3v) is 3.02. The molecule has 0 aliphatic carbocycles. The maximum atomic E-state index is 10.6. The summed E-state index contributed by atoms with van der Waals surface area (Å²) in [5.74, 6) is -0.109. The fraction of sp³-hybridized carbons (Fsp3) is 0.286. The summed E-state index contributed by atoms with van der Waals surface area (Å²) < 4.78 is 0. The van der Waals surface area contributed by atoms with Crippen molar-refractivity contribution in [3.63, 3.8) is 0 Å². The largest absolute Gasteiger partial charge is 0.360 e. The second-order valence-electron chi connectivity index (χ2n) is 4.42. The SMILES string of the molecule is CN(C)C(=O)CNC=O.Cc1c[nH]c2c(Cl)cccc12. The molecule has 2 N–H and O–H groups in total. The zero-order valence-electron chi connectivity index (χ0n) is 11.7. The highest BCUT2D eigenvalue weighted by molar-refractivity contribution is 6.35. The van der Waals surface area contributed by atoms with E-state index in [-0.39, 0.29) is 12.5 Å². The van der Waals surface area contributed by atoms with Crippen molar-refractivity contribution in [2.45, 2.75) is 6.92 Å². The maximum Gasteiger partial charge on any atom is 0.241 e. The van der Waals surface area contributed by atoms with Gasteiger partial charge in [-0.05, 0) is 18.6 Å². The zero-order valence-corrected chi connectivity index (χ0v) is 12.5. The summed E-state index contributed by atoms with van der Waals surface area (Å²) in [6, 6.07) is 5.92. The lowest BCUT2D eigenvalue weighted by Gasteiger charge is -2.07. The Kier molecular flexibility index (Phi) is 6.06. The number of aromatic amines is 1. The number of nitrogens with one attached hydrogen (secondary N) is 2. The third-order valence-electron chi connectivity index (χ3n) is 2.71. The molecule has 1 aromatic heterocycles. The number of benzene rings is 1. The summed E-state index contributed by atoms with van der Waals surface area (Å²) in [6.45, 7) is 2.14. The third kappa shape index (κ3) is 4.28. The highest BCUT2D eigenvalue weighted by Crippen LogP contribution is 2.23. The number of rotatable bonds is 3. The number of H-pyrrole nitrogens is 1. The number of aromatic nitrogens is 1. The van der Waals surface area contributed by atoms with Gasteiger partial charge in [-0.1, -0.05) is 23.7 Å². The van der Waals surface area contributed by atoms with Crippen molar-refractivity contribution in [2.75, 3.05) is 20.6 Å². The van der Waals surface area contributed by atoms with Crippen LogP contribution in [0.25, 0.3) is 10.9 Å². The topological polar surface area (TPSA) is 65.2 Å². The van der Waals surface area contributed by atoms with E-state index in [1.54, 1.807) is 14.1 Å². The molecule has 6 heteroatoms. The van der Waals surface area contributed by atoms with Gasteiger partial charge in [0.05, 0.1) is 17.1 Å². The van der Waals surface area contributed by atoms with Gasteiger partial charge in [-0.2, -0.15) is 0 Å². The van der Waals surface area contributed by atoms with Crippen LogP contribution in [0.15, 0.2) is 24.4 Å². The van der Waals surface area contributed by atoms with Gasteiger partial charge < -0.3 is 15.2 Å². The predicted octanol–water partition coefficient (Wildman–Crippen LogP) is 1.95. The number of hydrogen-bond donors (Lipinski definition) is 2. The van der Waals surface area contributed by atoms with Gasteiger partial charge >= 0.3 is 0 Å². The van der Waals surface area contributed by atoms with Crippen molar-refractivity contribution in [1.29, 1.82) is 0 Å². The Morgan fingerprint density at radius 1 is 1.45 bits per heavy atom. The highest BCUT2D eigenvalue weighted by Gasteiger charge is 2.01. The van der Waals surface area contributed by atoms with E-state index < -0.39 is 0 Å². The first-order valence-electron chi connectivity index (χ1n) is 6.06. The lowest BCUT2D eigenvalue weighted by Crippen LogP contribution is -2.32. The van der Waals surface area contributed by atoms with Crippen molar-refractivity contribution in [3.8, 4) is 0 Å². The van der Waals surface area contributed by atoms with E-state index in [1.807, 2.05) is 18.3 Å². The van der Waals surface area contributed by atoms with Crippen molar-refractivity contribution in [2.24, 2.45) is 0 Å². The van der Waals surface area contributed by atoms with E-state index in [0.717, 1.165) is 10.5 Å². The molecule has 2 amide bonds. The maximum absolute atomic E-state index is 10.6. The number of hydrogen-bond acceptors (Lipinski definition) is 2. The number of aryl methyl sites for hydroxylation is 1. The Morgan fingerprint density at radius 2 is 2.15 bits per heavy atom. The molecule has 0 fully saturated rings. The van der Waals surface area contributed by atoms with Crippen molar-refractivity contribution < 1.29 is 9.59 Å². The molecule has 0 radical (unpaired) electrons. The monoisotopic (exact) mass is 295 g/mol. The minimum Gasteiger partial charge on any atom is -0.360 e. The Balaban J connectivity index is 0.000000206. The van der Waals surface area contributed by atoms with Gasteiger partial charge in [0, 0.05) is 25.7 Å². The van der Waals surface area contributed by atoms with Gasteiger partial charge in [0.1, 0.15) is 0 Å². The van der Waals surface area contributed by atoms with Crippen LogP contribution in [0.1, 0.15) is 5.56 Å². The van der Waals surface area contributed by atoms with Crippen molar-refractivity contribution in [3.05, 3.63) is 35.0 Å². The molecule has 0 spiro atoms. The Labute approximate surface area is 122 Å². The summed E-state index contributed by atoms with van der Waals surface area (Å²) in [6.07, 6.45) is 2.47. The molecule has 1 aromatic carbocycles. The molecule has 0 saturated heterocycles. The fourth-order valence-corrected chi connectivity index (χ4v) is 1.77. The molecule has 2 rings (SSSR count). The average molecular weight is 296 g/mol. The molecule has 108 valence electrons. The predicted molar refractivity (Wildman–Crippen MR) is 80.8 cm³/mol. The first-order valence-corrected chi connectivity index (χ1v) is 6.44. The molecule has 0 bridgehead atoms. The standard InChI is InChI=1S/C9H8ClN.C5H10N2O2/c1-6-5-11-9-7(6)3-2-4-8(9)10;1-7(2)5(9)3-6-4-8/h2-5,11H,1H3;4H,3H2,1-2H3,(H,6,8). The van der Waals surface area contributed by atoms with Crippen LogP contribution >= 0.6 is 11.6 Å². The molecule has 20 heavy (non-hydrogen) atoms. The van der Waals surface area contributed by atoms with Crippen molar-refractivity contribution in [1.82, 2.24) is 15.2 Å². The fourth-order valence-electron chi connectivity index (χ4n) is 1.54. The van der Waals surface area contributed by atoms with E-state index in [2.05, 4.69) is 23.3 Å². The van der Waals surface area contributed by atoms with Crippen LogP contribution in [0, 0.1) is 6.92 Å². The van der Waals surface area contributed by atoms with Crippen LogP contribution in [0.5, 0.6) is 0 Å². The highest BCUT2D eigenvalue weighted by atomic mass is 35.5. The number of carbonyl (C=O) groups is 2. The van der Waals surface area contributed by atoms with Gasteiger partial charge in [-0.25, -0.2) is 0 Å². The van der Waals surface area contributed by atoms with Crippen LogP contribution in [-0.4, -0.2) is 42.8 Å². The molecule has 2 aromatic rings. The van der Waals surface area contributed by atoms with Crippen LogP contribution < -0.4 is 5.32 Å². The quantitative estimate of drug-likeness (QED) is 0.850. The van der Waals surface area contributed by atoms with Crippen LogP contribution in [-0.2, 0) is 9.59 Å². The average Bonchev–Trinajstić information content (AvgIpc) is 2.80. The number of likely N-dealkylation sites (N-methyl/N-ethyl adjacent to an activating group) is 1. The van der Waals surface area contributed by atoms with Crippen LogP contribution in [0.2, 0.25) is 5.02 Å². The van der Waals surface area contributed by atoms with Gasteiger partial charge in [-0.15, -0.1) is 0 Å². The molecule has 0 aliphatic heterocycles. The second kappa shape index (κ2) is 7.55. The molecule has 5 nitrogen and oxygen atoms in total. The van der Waals surface area contributed by atoms with E-state index in [0.29, 0.717) is 6.41 Å². The lowest BCUT2D eigenvalue weighted by atomic mass is 10.2. The van der Waals surface area contributed by atoms with Crippen molar-refractivity contribution >= 4 is 34.8 Å². The number of nitrogens with zero attached hydrogens (tertiary/aromatic N) is 1. The summed E-state index contributed by atoms with van der Waals surface area (Å²) in [7, 11) is 3.27. The summed E-state index contributed by atoms with van der Waals surface area (Å²) in [5, 5.41) is 4.25. The summed E-state index contributed by atoms with van der Waals surface area (Å²) in [5.41, 5.74) is 2.27. The number of halogens is 1. The van der Waals surface area contributed by atoms with Gasteiger partial charge in [-0.3, -0.25) is 9.59 Å². The van der Waals surface area contributed by atoms with Gasteiger partial charge in [0.25, 0.3) is 0 Å². The smallest absolute Gasteiger partial charge is 0.241 e. The minimum absolute atomic E-state index is 0.0799. The normalized spacial score (nSPS) is 9.60. The molecule has 1 heterocycles. The van der Waals surface area contributed by atoms with Gasteiger partial charge in [0.15, 0.2) is 0 Å². The summed E-state index contributed by atoms with van der Waals surface area (Å²) in [4.78, 5) is 24.8. The Morgan fingerprint density at radius 3 is 2.70 bits per heavy atom. The van der Waals surface area contributed by atoms with E-state index in [1.165, 1.54) is 15.8 Å². The van der Waals surface area contributed by atoms with Gasteiger partial charge in [0.2, 0.25) is 12.3 Å². The molecule has 0 unspecified atom stereocenters. The Bertz CT molecular complexity index is 593. The van der Waals surface area contributed by atoms with E-state index >= 15 is 0 Å². The van der Waals surface area contributed by atoms with Crippen LogP contribution in [0.3, 0.4) is 0 Å². The lowest BCUT2D eigenvalue weighted by molar-refractivity contribution is -0.128. The van der Waals surface area contributed by atoms with Crippen LogP contribution in [0.4, 0.5) is 0 Å². The molecular formula is C14H18ClN3O2. The first kappa shape index (κ1) is 16.0. The van der Waals surface area contributed by atoms with E-state index in [9.17, 15) is 9.59 Å². The first-order chi connectivity index (χ1) is 9.47. The minimum atomic E-state index is -0.109. The molecule has 0 saturated carbocycles.